The van der Waals surface area contributed by atoms with E-state index in [2.05, 4.69) is 32.1 Å². The normalized spacial score (nSPS) is 30.3. The van der Waals surface area contributed by atoms with Crippen LogP contribution in [0.15, 0.2) is 48.6 Å². The molecule has 42 heavy (non-hydrogen) atoms. The molecule has 1 aromatic rings. The fourth-order valence-electron chi connectivity index (χ4n) is 7.25. The van der Waals surface area contributed by atoms with Gasteiger partial charge >= 0.3 is 0 Å². The van der Waals surface area contributed by atoms with Crippen LogP contribution in [0.1, 0.15) is 59.3 Å². The number of hydrogen-bond donors (Lipinski definition) is 1. The van der Waals surface area contributed by atoms with Gasteiger partial charge in [-0.2, -0.15) is 0 Å². The Morgan fingerprint density at radius 3 is 2.33 bits per heavy atom. The summed E-state index contributed by atoms with van der Waals surface area (Å²) in [5, 5.41) is 9.31. The number of hydrogen-bond acceptors (Lipinski definition) is 6. The molecule has 5 rings (SSSR count). The van der Waals surface area contributed by atoms with Gasteiger partial charge in [-0.3, -0.25) is 14.4 Å². The second-order valence-corrected chi connectivity index (χ2v) is 13.8. The molecule has 1 aromatic carbocycles. The molecule has 2 fully saturated rings. The monoisotopic (exact) mass is 595 g/mol. The first kappa shape index (κ1) is 30.7. The Morgan fingerprint density at radius 1 is 0.881 bits per heavy atom. The minimum absolute atomic E-state index is 0.0125. The van der Waals surface area contributed by atoms with Gasteiger partial charge in [-0.1, -0.05) is 44.1 Å². The van der Waals surface area contributed by atoms with Gasteiger partial charge in [0.25, 0.3) is 0 Å². The summed E-state index contributed by atoms with van der Waals surface area (Å²) in [7, 11) is 0. The van der Waals surface area contributed by atoms with Crippen molar-refractivity contribution in [2.24, 2.45) is 11.8 Å². The van der Waals surface area contributed by atoms with Gasteiger partial charge in [-0.25, -0.2) is 0 Å². The largest absolute Gasteiger partial charge is 0.494 e. The standard InChI is InChI=1S/C33H45N3O5S/c1-4-6-8-19-34-20-12-18-33-27(30(39)36(28(33)31(34)40)21-9-7-10-23-37)26-29(38)35(22-11-17-32(26,3)42-33)24-13-15-25(16-14-24)41-5-2/h11-18,26-28,37H,4-10,19-23H2,1-3H3/t26-,27+,28?,32+,33+/m1/s1. The van der Waals surface area contributed by atoms with E-state index in [4.69, 9.17) is 4.74 Å². The van der Waals surface area contributed by atoms with E-state index >= 15 is 0 Å². The molecule has 3 amide bonds. The zero-order valence-corrected chi connectivity index (χ0v) is 26.0. The first-order valence-electron chi connectivity index (χ1n) is 15.6. The van der Waals surface area contributed by atoms with Crippen molar-refractivity contribution >= 4 is 35.2 Å². The lowest BCUT2D eigenvalue weighted by Crippen LogP contribution is -2.53. The SMILES string of the molecule is CCCCCN1CC=C[C@]23S[C@@]4(C)C=CCN(c5ccc(OCC)cc5)C(=O)[C@H]4[C@H]2C(=O)N(CCCCCO)C3C1=O. The highest BCUT2D eigenvalue weighted by atomic mass is 32.2. The number of aliphatic hydroxyl groups is 1. The van der Waals surface area contributed by atoms with Crippen LogP contribution in [0.4, 0.5) is 5.69 Å². The van der Waals surface area contributed by atoms with E-state index in [1.807, 2.05) is 42.2 Å². The number of carbonyl (C=O) groups is 3. The van der Waals surface area contributed by atoms with Crippen molar-refractivity contribution in [2.75, 3.05) is 44.3 Å². The Morgan fingerprint density at radius 2 is 1.62 bits per heavy atom. The number of anilines is 1. The second kappa shape index (κ2) is 12.8. The van der Waals surface area contributed by atoms with Crippen LogP contribution < -0.4 is 9.64 Å². The third-order valence-electron chi connectivity index (χ3n) is 9.19. The lowest BCUT2D eigenvalue weighted by atomic mass is 9.74. The summed E-state index contributed by atoms with van der Waals surface area (Å²) in [6.07, 6.45) is 13.5. The second-order valence-electron chi connectivity index (χ2n) is 12.0. The van der Waals surface area contributed by atoms with E-state index in [1.165, 1.54) is 0 Å². The third-order valence-corrected chi connectivity index (χ3v) is 11.0. The molecule has 1 spiro atoms. The van der Waals surface area contributed by atoms with Crippen LogP contribution in [0.25, 0.3) is 0 Å². The maximum atomic E-state index is 14.5. The van der Waals surface area contributed by atoms with Crippen LogP contribution in [0.3, 0.4) is 0 Å². The summed E-state index contributed by atoms with van der Waals surface area (Å²) >= 11 is 1.63. The number of benzene rings is 1. The number of likely N-dealkylation sites (tertiary alicyclic amines) is 1. The van der Waals surface area contributed by atoms with E-state index < -0.39 is 27.4 Å². The quantitative estimate of drug-likeness (QED) is 0.284. The van der Waals surface area contributed by atoms with Gasteiger partial charge in [0.05, 0.1) is 23.2 Å². The smallest absolute Gasteiger partial charge is 0.247 e. The van der Waals surface area contributed by atoms with E-state index in [0.717, 1.165) is 37.1 Å². The molecule has 5 atom stereocenters. The van der Waals surface area contributed by atoms with Gasteiger partial charge in [-0.15, -0.1) is 11.8 Å². The zero-order valence-electron chi connectivity index (χ0n) is 25.2. The van der Waals surface area contributed by atoms with Crippen LogP contribution in [0.5, 0.6) is 5.75 Å². The highest BCUT2D eigenvalue weighted by molar-refractivity contribution is 8.02. The number of rotatable bonds is 12. The van der Waals surface area contributed by atoms with Gasteiger partial charge in [0.1, 0.15) is 11.8 Å². The molecule has 4 aliphatic rings. The Balaban J connectivity index is 1.52. The molecule has 4 aliphatic heterocycles. The number of ether oxygens (including phenoxy) is 1. The van der Waals surface area contributed by atoms with Crippen molar-refractivity contribution in [3.05, 3.63) is 48.6 Å². The summed E-state index contributed by atoms with van der Waals surface area (Å²) in [6.45, 7) is 8.86. The maximum absolute atomic E-state index is 14.5. The third kappa shape index (κ3) is 5.39. The van der Waals surface area contributed by atoms with Gasteiger partial charge in [0, 0.05) is 43.2 Å². The highest BCUT2D eigenvalue weighted by Gasteiger charge is 2.73. The number of carbonyl (C=O) groups excluding carboxylic acids is 3. The fraction of sp³-hybridized carbons (Fsp3) is 0.606. The molecule has 1 N–H and O–H groups in total. The Labute approximate surface area is 254 Å². The molecule has 8 nitrogen and oxygen atoms in total. The molecule has 1 unspecified atom stereocenters. The number of unbranched alkanes of at least 4 members (excludes halogenated alkanes) is 4. The molecule has 0 bridgehead atoms. The topological polar surface area (TPSA) is 90.4 Å². The van der Waals surface area contributed by atoms with Crippen molar-refractivity contribution in [1.82, 2.24) is 9.80 Å². The molecule has 9 heteroatoms. The first-order valence-corrected chi connectivity index (χ1v) is 16.4. The van der Waals surface area contributed by atoms with Crippen molar-refractivity contribution < 1.29 is 24.2 Å². The van der Waals surface area contributed by atoms with E-state index in [9.17, 15) is 19.5 Å². The highest BCUT2D eigenvalue weighted by Crippen LogP contribution is 2.65. The predicted octanol–water partition coefficient (Wildman–Crippen LogP) is 4.43. The summed E-state index contributed by atoms with van der Waals surface area (Å²) < 4.78 is 4.14. The molecular formula is C33H45N3O5S. The van der Waals surface area contributed by atoms with Crippen molar-refractivity contribution in [3.63, 3.8) is 0 Å². The van der Waals surface area contributed by atoms with Crippen LogP contribution >= 0.6 is 11.8 Å². The lowest BCUT2D eigenvalue weighted by Gasteiger charge is -2.37. The van der Waals surface area contributed by atoms with Gasteiger partial charge < -0.3 is 24.5 Å². The Bertz CT molecular complexity index is 1220. The molecule has 0 aliphatic carbocycles. The minimum atomic E-state index is -0.827. The van der Waals surface area contributed by atoms with Crippen molar-refractivity contribution in [2.45, 2.75) is 74.8 Å². The van der Waals surface area contributed by atoms with Crippen molar-refractivity contribution in [1.29, 1.82) is 0 Å². The van der Waals surface area contributed by atoms with Gasteiger partial charge in [0.15, 0.2) is 0 Å². The average Bonchev–Trinajstić information content (AvgIpc) is 3.24. The number of amides is 3. The molecule has 2 saturated heterocycles. The number of aliphatic hydroxyl groups excluding tert-OH is 1. The maximum Gasteiger partial charge on any atom is 0.247 e. The number of nitrogens with zero attached hydrogens (tertiary/aromatic N) is 3. The molecule has 228 valence electrons. The van der Waals surface area contributed by atoms with Gasteiger partial charge in [-0.05, 0) is 63.8 Å². The molecule has 0 saturated carbocycles. The van der Waals surface area contributed by atoms with Crippen LogP contribution in [0, 0.1) is 11.8 Å². The summed E-state index contributed by atoms with van der Waals surface area (Å²) in [6, 6.07) is 6.88. The fourth-order valence-corrected chi connectivity index (χ4v) is 9.41. The Kier molecular flexibility index (Phi) is 9.38. The van der Waals surface area contributed by atoms with E-state index in [0.29, 0.717) is 45.6 Å². The van der Waals surface area contributed by atoms with Crippen LogP contribution in [-0.2, 0) is 14.4 Å². The zero-order chi connectivity index (χ0) is 29.9. The molecular weight excluding hydrogens is 550 g/mol. The van der Waals surface area contributed by atoms with Crippen LogP contribution in [-0.4, -0.2) is 87.6 Å². The molecule has 0 aromatic heterocycles. The summed E-state index contributed by atoms with van der Waals surface area (Å²) in [4.78, 5) is 48.8. The predicted molar refractivity (Wildman–Crippen MR) is 166 cm³/mol. The van der Waals surface area contributed by atoms with Gasteiger partial charge in [0.2, 0.25) is 17.7 Å². The lowest BCUT2D eigenvalue weighted by molar-refractivity contribution is -0.142. The molecule has 0 radical (unpaired) electrons. The summed E-state index contributed by atoms with van der Waals surface area (Å²) in [5.74, 6) is -0.716. The summed E-state index contributed by atoms with van der Waals surface area (Å²) in [5.41, 5.74) is 0.765. The minimum Gasteiger partial charge on any atom is -0.494 e. The van der Waals surface area contributed by atoms with E-state index in [-0.39, 0.29) is 24.3 Å². The van der Waals surface area contributed by atoms with E-state index in [1.54, 1.807) is 21.6 Å². The van der Waals surface area contributed by atoms with Crippen molar-refractivity contribution in [3.8, 4) is 5.75 Å². The molecule has 4 heterocycles. The number of fused-ring (bicyclic) bond motifs is 2. The van der Waals surface area contributed by atoms with Crippen LogP contribution in [0.2, 0.25) is 0 Å². The number of thioether (sulfide) groups is 1. The Hall–Kier alpha value is -2.78. The average molecular weight is 596 g/mol. The first-order chi connectivity index (χ1) is 20.3.